The molecule has 13 rings (SSSR count). The average molecular weight is 1020 g/mol. The molecule has 0 spiro atoms. The molecule has 2 nitrogen and oxygen atoms in total. The zero-order valence-electron chi connectivity index (χ0n) is 45.1. The molecular weight excluding hydrogens is 963 g/mol. The van der Waals surface area contributed by atoms with E-state index in [0.29, 0.717) is 5.02 Å². The molecule has 78 heavy (non-hydrogen) atoms. The zero-order chi connectivity index (χ0) is 53.3. The van der Waals surface area contributed by atoms with Gasteiger partial charge in [0, 0.05) is 50.0 Å². The Hall–Kier alpha value is -8.63. The Kier molecular flexibility index (Phi) is 12.2. The second kappa shape index (κ2) is 19.4. The Morgan fingerprint density at radius 3 is 0.859 bits per heavy atom. The first kappa shape index (κ1) is 49.0. The van der Waals surface area contributed by atoms with Crippen molar-refractivity contribution in [1.82, 2.24) is 0 Å². The van der Waals surface area contributed by atoms with Crippen LogP contribution < -0.4 is 26.2 Å². The van der Waals surface area contributed by atoms with E-state index in [1.807, 2.05) is 0 Å². The molecular formula is C74H60BClN2. The maximum atomic E-state index is 7.85. The molecule has 0 unspecified atom stereocenters. The number of rotatable bonds is 8. The normalized spacial score (nSPS) is 12.7. The van der Waals surface area contributed by atoms with Gasteiger partial charge in [0.2, 0.25) is 0 Å². The van der Waals surface area contributed by atoms with Crippen LogP contribution in [0.5, 0.6) is 0 Å². The number of benzene rings is 11. The molecule has 0 atom stereocenters. The van der Waals surface area contributed by atoms with Gasteiger partial charge in [0.15, 0.2) is 0 Å². The highest BCUT2D eigenvalue weighted by Crippen LogP contribution is 2.55. The molecule has 2 heterocycles. The van der Waals surface area contributed by atoms with Crippen molar-refractivity contribution in [3.63, 3.8) is 0 Å². The second-order valence-corrected chi connectivity index (χ2v) is 23.5. The summed E-state index contributed by atoms with van der Waals surface area (Å²) in [5, 5.41) is 0.661. The van der Waals surface area contributed by atoms with E-state index in [4.69, 9.17) is 11.6 Å². The molecule has 11 aromatic rings. The lowest BCUT2D eigenvalue weighted by molar-refractivity contribution is 0.590. The summed E-state index contributed by atoms with van der Waals surface area (Å²) in [7, 11) is 0. The first-order valence-electron chi connectivity index (χ1n) is 27.3. The molecule has 2 aliphatic rings. The molecule has 0 fully saturated rings. The molecule has 2 aliphatic heterocycles. The summed E-state index contributed by atoms with van der Waals surface area (Å²) >= 11 is 7.85. The number of hydrogen-bond acceptors (Lipinski definition) is 2. The lowest BCUT2D eigenvalue weighted by Gasteiger charge is -2.46. The monoisotopic (exact) mass is 1020 g/mol. The van der Waals surface area contributed by atoms with Crippen molar-refractivity contribution in [2.45, 2.75) is 52.4 Å². The highest BCUT2D eigenvalue weighted by atomic mass is 35.5. The fourth-order valence-corrected chi connectivity index (χ4v) is 12.2. The first-order valence-corrected chi connectivity index (χ1v) is 27.7. The van der Waals surface area contributed by atoms with Crippen LogP contribution in [0.2, 0.25) is 5.02 Å². The Morgan fingerprint density at radius 2 is 0.577 bits per heavy atom. The van der Waals surface area contributed by atoms with Gasteiger partial charge in [-0.1, -0.05) is 259 Å². The van der Waals surface area contributed by atoms with E-state index < -0.39 is 0 Å². The second-order valence-electron chi connectivity index (χ2n) is 23.0. The largest absolute Gasteiger partial charge is 0.310 e. The van der Waals surface area contributed by atoms with Crippen molar-refractivity contribution in [2.24, 2.45) is 0 Å². The van der Waals surface area contributed by atoms with E-state index >= 15 is 0 Å². The van der Waals surface area contributed by atoms with Gasteiger partial charge in [-0.15, -0.1) is 0 Å². The predicted octanol–water partition coefficient (Wildman–Crippen LogP) is 19.0. The molecule has 0 aromatic heterocycles. The standard InChI is InChI=1S/C74H60BClN2/c1-73(2,3)57-43-60(51-29-17-9-18-30-51)71(61(44-57)52-31-19-10-20-32-52)77-66-39-37-55(49-25-13-7-14-26-49)41-64(66)75-65-42-56(50-27-15-8-16-28-50)38-40-67(65)78(69-48-59(76)47-68(77)70(69)75)72-62(53-33-21-11-22-34-53)45-58(74(4,5)6)46-63(72)54-35-23-12-24-36-54/h7-48H,1-6H3. The summed E-state index contributed by atoms with van der Waals surface area (Å²) < 4.78 is 0. The van der Waals surface area contributed by atoms with Crippen LogP contribution in [0, 0.1) is 0 Å². The smallest absolute Gasteiger partial charge is 0.252 e. The summed E-state index contributed by atoms with van der Waals surface area (Å²) in [6, 6.07) is 94.2. The summed E-state index contributed by atoms with van der Waals surface area (Å²) in [5.41, 5.74) is 26.3. The van der Waals surface area contributed by atoms with E-state index in [0.717, 1.165) is 78.6 Å². The Labute approximate surface area is 466 Å². The van der Waals surface area contributed by atoms with Crippen molar-refractivity contribution in [3.05, 3.63) is 271 Å². The van der Waals surface area contributed by atoms with E-state index in [9.17, 15) is 0 Å². The molecule has 11 aromatic carbocycles. The van der Waals surface area contributed by atoms with Crippen LogP contribution in [0.25, 0.3) is 66.8 Å². The van der Waals surface area contributed by atoms with Gasteiger partial charge in [0.1, 0.15) is 0 Å². The molecule has 0 saturated heterocycles. The van der Waals surface area contributed by atoms with E-state index in [-0.39, 0.29) is 17.5 Å². The summed E-state index contributed by atoms with van der Waals surface area (Å²) in [4.78, 5) is 5.15. The maximum absolute atomic E-state index is 7.85. The fourth-order valence-electron chi connectivity index (χ4n) is 12.0. The van der Waals surface area contributed by atoms with Gasteiger partial charge in [0.25, 0.3) is 6.71 Å². The van der Waals surface area contributed by atoms with Crippen molar-refractivity contribution in [1.29, 1.82) is 0 Å². The van der Waals surface area contributed by atoms with Crippen LogP contribution >= 0.6 is 11.6 Å². The molecule has 4 heteroatoms. The van der Waals surface area contributed by atoms with Crippen LogP contribution in [-0.4, -0.2) is 6.71 Å². The van der Waals surface area contributed by atoms with Crippen molar-refractivity contribution < 1.29 is 0 Å². The summed E-state index contributed by atoms with van der Waals surface area (Å²) in [5.74, 6) is 0. The van der Waals surface area contributed by atoms with E-state index in [1.165, 1.54) is 49.8 Å². The number of halogens is 1. The minimum atomic E-state index is -0.194. The minimum absolute atomic E-state index is 0.146. The van der Waals surface area contributed by atoms with Gasteiger partial charge in [-0.2, -0.15) is 0 Å². The average Bonchev–Trinajstić information content (AvgIpc) is 3.51. The number of hydrogen-bond donors (Lipinski definition) is 0. The van der Waals surface area contributed by atoms with Crippen molar-refractivity contribution in [2.75, 3.05) is 9.80 Å². The molecule has 376 valence electrons. The third-order valence-electron chi connectivity index (χ3n) is 16.0. The zero-order valence-corrected chi connectivity index (χ0v) is 45.9. The Bertz CT molecular complexity index is 3650. The molecule has 0 saturated carbocycles. The summed E-state index contributed by atoms with van der Waals surface area (Å²) in [6.07, 6.45) is 0. The van der Waals surface area contributed by atoms with Crippen LogP contribution in [0.15, 0.2) is 255 Å². The highest BCUT2D eigenvalue weighted by Gasteiger charge is 2.46. The van der Waals surface area contributed by atoms with Gasteiger partial charge in [-0.25, -0.2) is 0 Å². The molecule has 0 aliphatic carbocycles. The topological polar surface area (TPSA) is 6.48 Å². The van der Waals surface area contributed by atoms with Gasteiger partial charge >= 0.3 is 0 Å². The van der Waals surface area contributed by atoms with Crippen LogP contribution in [0.4, 0.5) is 34.1 Å². The molecule has 0 N–H and O–H groups in total. The number of anilines is 6. The van der Waals surface area contributed by atoms with Gasteiger partial charge in [-0.3, -0.25) is 0 Å². The summed E-state index contributed by atoms with van der Waals surface area (Å²) in [6.45, 7) is 13.7. The van der Waals surface area contributed by atoms with Gasteiger partial charge in [0.05, 0.1) is 11.4 Å². The molecule has 0 amide bonds. The Morgan fingerprint density at radius 1 is 0.295 bits per heavy atom. The quantitative estimate of drug-likeness (QED) is 0.140. The van der Waals surface area contributed by atoms with E-state index in [2.05, 4.69) is 306 Å². The lowest BCUT2D eigenvalue weighted by Crippen LogP contribution is -2.61. The Balaban J connectivity index is 1.21. The van der Waals surface area contributed by atoms with Crippen molar-refractivity contribution in [3.8, 4) is 66.8 Å². The van der Waals surface area contributed by atoms with Crippen LogP contribution in [0.3, 0.4) is 0 Å². The van der Waals surface area contributed by atoms with Gasteiger partial charge in [-0.05, 0) is 131 Å². The van der Waals surface area contributed by atoms with Gasteiger partial charge < -0.3 is 9.80 Å². The highest BCUT2D eigenvalue weighted by molar-refractivity contribution is 7.00. The van der Waals surface area contributed by atoms with Crippen LogP contribution in [0.1, 0.15) is 52.7 Å². The molecule has 0 radical (unpaired) electrons. The fraction of sp³-hybridized carbons (Fsp3) is 0.108. The predicted molar refractivity (Wildman–Crippen MR) is 335 cm³/mol. The minimum Gasteiger partial charge on any atom is -0.310 e. The molecule has 0 bridgehead atoms. The SMILES string of the molecule is CC(C)(C)c1cc(-c2ccccc2)c(N2c3ccc(-c4ccccc4)cc3B3c4cc(-c5ccccc5)ccc4N(c4c(-c5ccccc5)cc(C(C)(C)C)cc4-c4ccccc4)c4cc(Cl)cc2c43)c(-c2ccccc2)c1. The van der Waals surface area contributed by atoms with E-state index in [1.54, 1.807) is 0 Å². The lowest BCUT2D eigenvalue weighted by atomic mass is 9.33. The van der Waals surface area contributed by atoms with Crippen LogP contribution in [-0.2, 0) is 10.8 Å². The maximum Gasteiger partial charge on any atom is 0.252 e. The third-order valence-corrected chi connectivity index (χ3v) is 16.2. The third kappa shape index (κ3) is 8.64. The van der Waals surface area contributed by atoms with Crippen molar-refractivity contribution >= 4 is 68.8 Å². The first-order chi connectivity index (χ1) is 37.9. The number of nitrogens with zero attached hydrogens (tertiary/aromatic N) is 2. The number of fused-ring (bicyclic) bond motifs is 4.